The molecule has 0 unspecified atom stereocenters. The molecule has 1 aromatic carbocycles. The molecule has 0 aliphatic carbocycles. The minimum Gasteiger partial charge on any atom is -0.497 e. The van der Waals surface area contributed by atoms with Gasteiger partial charge in [-0.15, -0.1) is 10.2 Å². The van der Waals surface area contributed by atoms with Gasteiger partial charge in [-0.05, 0) is 30.2 Å². The molecule has 2 aromatic rings. The van der Waals surface area contributed by atoms with Crippen molar-refractivity contribution in [1.29, 1.82) is 0 Å². The van der Waals surface area contributed by atoms with Crippen LogP contribution in [0.25, 0.3) is 11.4 Å². The van der Waals surface area contributed by atoms with Crippen LogP contribution in [0.15, 0.2) is 29.4 Å². The highest BCUT2D eigenvalue weighted by Crippen LogP contribution is 2.26. The van der Waals surface area contributed by atoms with Gasteiger partial charge in [-0.25, -0.2) is 0 Å². The molecule has 1 heterocycles. The number of thioether (sulfide) groups is 1. The third-order valence-electron chi connectivity index (χ3n) is 3.57. The monoisotopic (exact) mass is 378 g/mol. The zero-order valence-corrected chi connectivity index (χ0v) is 16.5. The lowest BCUT2D eigenvalue weighted by Crippen LogP contribution is -2.28. The number of ether oxygens (including phenoxy) is 2. The van der Waals surface area contributed by atoms with Gasteiger partial charge in [0.1, 0.15) is 5.75 Å². The van der Waals surface area contributed by atoms with Gasteiger partial charge >= 0.3 is 0 Å². The molecular formula is C18H26N4O3S. The van der Waals surface area contributed by atoms with Crippen LogP contribution in [0, 0.1) is 5.92 Å². The van der Waals surface area contributed by atoms with Gasteiger partial charge in [0.25, 0.3) is 0 Å². The van der Waals surface area contributed by atoms with Gasteiger partial charge in [0.15, 0.2) is 11.0 Å². The van der Waals surface area contributed by atoms with Crippen LogP contribution in [0.3, 0.4) is 0 Å². The molecule has 0 spiro atoms. The second-order valence-corrected chi connectivity index (χ2v) is 7.11. The summed E-state index contributed by atoms with van der Waals surface area (Å²) in [6.07, 6.45) is 0. The summed E-state index contributed by atoms with van der Waals surface area (Å²) in [6, 6.07) is 7.73. The molecule has 0 fully saturated rings. The highest BCUT2D eigenvalue weighted by Gasteiger charge is 2.16. The summed E-state index contributed by atoms with van der Waals surface area (Å²) in [5.74, 6) is 2.27. The van der Waals surface area contributed by atoms with E-state index in [1.807, 2.05) is 24.3 Å². The van der Waals surface area contributed by atoms with Crippen molar-refractivity contribution in [3.63, 3.8) is 0 Å². The molecule has 0 bridgehead atoms. The highest BCUT2D eigenvalue weighted by atomic mass is 32.2. The fourth-order valence-corrected chi connectivity index (χ4v) is 3.13. The molecule has 1 aromatic heterocycles. The molecule has 0 atom stereocenters. The molecule has 2 rings (SSSR count). The minimum absolute atomic E-state index is 0.0443. The number of aromatic nitrogens is 3. The third-order valence-corrected chi connectivity index (χ3v) is 4.54. The number of carbonyl (C=O) groups is 1. The van der Waals surface area contributed by atoms with Crippen LogP contribution < -0.4 is 10.1 Å². The van der Waals surface area contributed by atoms with E-state index < -0.39 is 0 Å². The first kappa shape index (κ1) is 20.3. The summed E-state index contributed by atoms with van der Waals surface area (Å²) in [7, 11) is 3.25. The number of amides is 1. The molecule has 7 nitrogen and oxygen atoms in total. The van der Waals surface area contributed by atoms with Crippen molar-refractivity contribution < 1.29 is 14.3 Å². The number of nitrogens with one attached hydrogen (secondary N) is 1. The second-order valence-electron chi connectivity index (χ2n) is 6.17. The highest BCUT2D eigenvalue weighted by molar-refractivity contribution is 7.99. The molecule has 0 aliphatic heterocycles. The van der Waals surface area contributed by atoms with Crippen molar-refractivity contribution >= 4 is 17.7 Å². The molecule has 1 N–H and O–H groups in total. The average Bonchev–Trinajstić information content (AvgIpc) is 3.02. The maximum atomic E-state index is 11.9. The molecule has 26 heavy (non-hydrogen) atoms. The second kappa shape index (κ2) is 10.2. The van der Waals surface area contributed by atoms with Crippen molar-refractivity contribution in [2.75, 3.05) is 33.1 Å². The summed E-state index contributed by atoms with van der Waals surface area (Å²) < 4.78 is 12.2. The van der Waals surface area contributed by atoms with E-state index >= 15 is 0 Å². The molecule has 142 valence electrons. The van der Waals surface area contributed by atoms with Gasteiger partial charge in [-0.3, -0.25) is 4.79 Å². The Morgan fingerprint density at radius 3 is 2.58 bits per heavy atom. The number of hydrogen-bond acceptors (Lipinski definition) is 6. The fraction of sp³-hybridized carbons (Fsp3) is 0.500. The Hall–Kier alpha value is -2.06. The van der Waals surface area contributed by atoms with Crippen molar-refractivity contribution in [2.45, 2.75) is 25.5 Å². The number of carbonyl (C=O) groups excluding carboxylic acids is 1. The van der Waals surface area contributed by atoms with Gasteiger partial charge in [0.05, 0.1) is 19.5 Å². The predicted molar refractivity (Wildman–Crippen MR) is 102 cm³/mol. The Kier molecular flexibility index (Phi) is 7.93. The van der Waals surface area contributed by atoms with E-state index in [1.165, 1.54) is 11.8 Å². The van der Waals surface area contributed by atoms with Gasteiger partial charge in [0.2, 0.25) is 5.91 Å². The van der Waals surface area contributed by atoms with E-state index in [0.29, 0.717) is 24.8 Å². The van der Waals surface area contributed by atoms with E-state index in [9.17, 15) is 4.79 Å². The smallest absolute Gasteiger partial charge is 0.230 e. The summed E-state index contributed by atoms with van der Waals surface area (Å²) in [4.78, 5) is 11.9. The SMILES string of the molecule is COCCNC(=O)CSc1nnc(-c2ccc(OC)cc2)n1CC(C)C. The Morgan fingerprint density at radius 2 is 1.96 bits per heavy atom. The average molecular weight is 378 g/mol. The number of hydrogen-bond donors (Lipinski definition) is 1. The first-order valence-corrected chi connectivity index (χ1v) is 9.49. The quantitative estimate of drug-likeness (QED) is 0.505. The van der Waals surface area contributed by atoms with Gasteiger partial charge in [-0.2, -0.15) is 0 Å². The molecule has 1 amide bonds. The van der Waals surface area contributed by atoms with Crippen LogP contribution in [0.1, 0.15) is 13.8 Å². The molecule has 8 heteroatoms. The van der Waals surface area contributed by atoms with Crippen molar-refractivity contribution in [1.82, 2.24) is 20.1 Å². The maximum Gasteiger partial charge on any atom is 0.230 e. The van der Waals surface area contributed by atoms with Crippen molar-refractivity contribution in [3.8, 4) is 17.1 Å². The van der Waals surface area contributed by atoms with Crippen LogP contribution >= 0.6 is 11.8 Å². The van der Waals surface area contributed by atoms with Gasteiger partial charge in [-0.1, -0.05) is 25.6 Å². The summed E-state index contributed by atoms with van der Waals surface area (Å²) in [5.41, 5.74) is 0.968. The van der Waals surface area contributed by atoms with Crippen LogP contribution in [0.5, 0.6) is 5.75 Å². The summed E-state index contributed by atoms with van der Waals surface area (Å²) in [5, 5.41) is 12.2. The van der Waals surface area contributed by atoms with E-state index in [1.54, 1.807) is 14.2 Å². The minimum atomic E-state index is -0.0443. The molecule has 0 saturated heterocycles. The number of rotatable bonds is 10. The van der Waals surface area contributed by atoms with Crippen LogP contribution in [-0.2, 0) is 16.1 Å². The predicted octanol–water partition coefficient (Wildman–Crippen LogP) is 2.46. The Bertz CT molecular complexity index is 701. The Labute approximate surface area is 158 Å². The summed E-state index contributed by atoms with van der Waals surface area (Å²) >= 11 is 1.39. The van der Waals surface area contributed by atoms with Gasteiger partial charge < -0.3 is 19.4 Å². The Morgan fingerprint density at radius 1 is 1.23 bits per heavy atom. The number of benzene rings is 1. The Balaban J connectivity index is 2.13. The van der Waals surface area contributed by atoms with Crippen LogP contribution in [0.2, 0.25) is 0 Å². The standard InChI is InChI=1S/C18H26N4O3S/c1-13(2)11-22-17(14-5-7-15(25-4)8-6-14)20-21-18(22)26-12-16(23)19-9-10-24-3/h5-8,13H,9-12H2,1-4H3,(H,19,23). The van der Waals surface area contributed by atoms with E-state index in [4.69, 9.17) is 9.47 Å². The third kappa shape index (κ3) is 5.74. The lowest BCUT2D eigenvalue weighted by molar-refractivity contribution is -0.118. The number of nitrogens with zero attached hydrogens (tertiary/aromatic N) is 3. The fourth-order valence-electron chi connectivity index (χ4n) is 2.35. The van der Waals surface area contributed by atoms with Crippen LogP contribution in [-0.4, -0.2) is 53.8 Å². The first-order valence-electron chi connectivity index (χ1n) is 8.51. The lowest BCUT2D eigenvalue weighted by atomic mass is 10.2. The zero-order chi connectivity index (χ0) is 18.9. The number of methoxy groups -OCH3 is 2. The first-order chi connectivity index (χ1) is 12.5. The maximum absolute atomic E-state index is 11.9. The topological polar surface area (TPSA) is 78.3 Å². The van der Waals surface area contributed by atoms with Gasteiger partial charge in [0, 0.05) is 25.8 Å². The lowest BCUT2D eigenvalue weighted by Gasteiger charge is -2.12. The van der Waals surface area contributed by atoms with E-state index in [2.05, 4.69) is 33.9 Å². The molecule has 0 aliphatic rings. The van der Waals surface area contributed by atoms with E-state index in [0.717, 1.165) is 28.8 Å². The normalized spacial score (nSPS) is 11.0. The van der Waals surface area contributed by atoms with Crippen LogP contribution in [0.4, 0.5) is 0 Å². The van der Waals surface area contributed by atoms with E-state index in [-0.39, 0.29) is 5.91 Å². The largest absolute Gasteiger partial charge is 0.497 e. The zero-order valence-electron chi connectivity index (χ0n) is 15.7. The van der Waals surface area contributed by atoms with Crippen molar-refractivity contribution in [3.05, 3.63) is 24.3 Å². The van der Waals surface area contributed by atoms with Crippen molar-refractivity contribution in [2.24, 2.45) is 5.92 Å². The molecular weight excluding hydrogens is 352 g/mol. The summed E-state index contributed by atoms with van der Waals surface area (Å²) in [6.45, 7) is 6.07. The molecule has 0 saturated carbocycles. The molecule has 0 radical (unpaired) electrons.